The van der Waals surface area contributed by atoms with Crippen molar-refractivity contribution >= 4 is 17.6 Å². The fraction of sp³-hybridized carbons (Fsp3) is 0. The molecule has 0 fully saturated rings. The van der Waals surface area contributed by atoms with E-state index in [4.69, 9.17) is 0 Å². The van der Waals surface area contributed by atoms with Gasteiger partial charge in [-0.25, -0.2) is 14.8 Å². The average Bonchev–Trinajstić information content (AvgIpc) is 2.80. The zero-order valence-corrected chi connectivity index (χ0v) is 18.7. The molecule has 8 heteroatoms. The van der Waals surface area contributed by atoms with Gasteiger partial charge in [0.1, 0.15) is 0 Å². The van der Waals surface area contributed by atoms with Gasteiger partial charge < -0.3 is 11.8 Å². The first kappa shape index (κ1) is 22.3. The summed E-state index contributed by atoms with van der Waals surface area (Å²) in [6.07, 6.45) is 6.17. The van der Waals surface area contributed by atoms with Crippen LogP contribution >= 0.6 is 0 Å². The first-order valence-corrected chi connectivity index (χ1v) is 9.08. The van der Waals surface area contributed by atoms with Gasteiger partial charge in [0, 0.05) is 30.4 Å². The number of carboxylic acid groups (broad SMARTS) is 1. The van der Waals surface area contributed by atoms with Crippen molar-refractivity contribution in [2.45, 2.75) is 0 Å². The van der Waals surface area contributed by atoms with Crippen LogP contribution < -0.4 is 34.9 Å². The molecule has 0 saturated carbocycles. The molecule has 4 rings (SSSR count). The number of aromatic carboxylic acids is 1. The molecular weight excluding hydrogens is 403 g/mol. The maximum Gasteiger partial charge on any atom is 1.00 e. The summed E-state index contributed by atoms with van der Waals surface area (Å²) in [6.45, 7) is 0. The van der Waals surface area contributed by atoms with E-state index in [0.29, 0.717) is 11.4 Å². The van der Waals surface area contributed by atoms with Crippen molar-refractivity contribution in [1.29, 1.82) is 0 Å². The van der Waals surface area contributed by atoms with Crippen molar-refractivity contribution in [2.75, 3.05) is 5.32 Å². The number of carboxylic acids is 1. The predicted molar refractivity (Wildman–Crippen MR) is 113 cm³/mol. The molecule has 2 aromatic heterocycles. The van der Waals surface area contributed by atoms with Crippen molar-refractivity contribution < 1.29 is 45.7 Å². The number of hydrogen-bond acceptors (Lipinski definition) is 5. The van der Waals surface area contributed by atoms with Crippen molar-refractivity contribution in [3.8, 4) is 22.5 Å². The fourth-order valence-electron chi connectivity index (χ4n) is 2.97. The van der Waals surface area contributed by atoms with Gasteiger partial charge in [-0.2, -0.15) is 0 Å². The van der Waals surface area contributed by atoms with Gasteiger partial charge in [-0.15, -0.1) is 0 Å². The molecule has 0 spiro atoms. The number of amides is 1. The average molecular weight is 420 g/mol. The first-order valence-electron chi connectivity index (χ1n) is 9.08. The van der Waals surface area contributed by atoms with Crippen LogP contribution in [0.3, 0.4) is 0 Å². The summed E-state index contributed by atoms with van der Waals surface area (Å²) < 4.78 is 0. The Balaban J connectivity index is 0.00000181. The second-order valence-electron chi connectivity index (χ2n) is 6.42. The molecule has 2 heterocycles. The van der Waals surface area contributed by atoms with Gasteiger partial charge in [-0.05, 0) is 35.4 Å². The third-order valence-electron chi connectivity index (χ3n) is 4.43. The Morgan fingerprint density at radius 2 is 1.58 bits per heavy atom. The SMILES string of the molecule is O=C(Nc1cc(-c2ccccc2)ccc1C(=O)O)c1cncc(-c2ncccn2)c1.[H-].[Na+]. The molecule has 1 amide bonds. The minimum atomic E-state index is -1.13. The summed E-state index contributed by atoms with van der Waals surface area (Å²) in [6, 6.07) is 17.6. The van der Waals surface area contributed by atoms with Crippen LogP contribution in [-0.4, -0.2) is 31.9 Å². The minimum absolute atomic E-state index is 0. The number of nitrogens with one attached hydrogen (secondary N) is 1. The quantitative estimate of drug-likeness (QED) is 0.471. The van der Waals surface area contributed by atoms with Crippen LogP contribution in [0, 0.1) is 0 Å². The van der Waals surface area contributed by atoms with Gasteiger partial charge in [0.2, 0.25) is 0 Å². The van der Waals surface area contributed by atoms with E-state index < -0.39 is 11.9 Å². The van der Waals surface area contributed by atoms with Crippen LogP contribution in [0.4, 0.5) is 5.69 Å². The number of nitrogens with zero attached hydrogens (tertiary/aromatic N) is 3. The number of benzene rings is 2. The number of hydrogen-bond donors (Lipinski definition) is 2. The van der Waals surface area contributed by atoms with Crippen molar-refractivity contribution in [3.63, 3.8) is 0 Å². The molecular formula is C23H17N4NaO3. The molecule has 7 nitrogen and oxygen atoms in total. The zero-order chi connectivity index (χ0) is 20.9. The summed E-state index contributed by atoms with van der Waals surface area (Å²) in [5.41, 5.74) is 2.75. The van der Waals surface area contributed by atoms with Crippen molar-refractivity contribution in [1.82, 2.24) is 15.0 Å². The Morgan fingerprint density at radius 1 is 0.839 bits per heavy atom. The molecule has 31 heavy (non-hydrogen) atoms. The van der Waals surface area contributed by atoms with Gasteiger partial charge in [-0.3, -0.25) is 9.78 Å². The summed E-state index contributed by atoms with van der Waals surface area (Å²) in [4.78, 5) is 36.9. The summed E-state index contributed by atoms with van der Waals surface area (Å²) in [7, 11) is 0. The van der Waals surface area contributed by atoms with Gasteiger partial charge >= 0.3 is 35.5 Å². The monoisotopic (exact) mass is 420 g/mol. The number of carbonyl (C=O) groups excluding carboxylic acids is 1. The maximum absolute atomic E-state index is 12.8. The molecule has 0 bridgehead atoms. The number of rotatable bonds is 5. The van der Waals surface area contributed by atoms with E-state index >= 15 is 0 Å². The van der Waals surface area contributed by atoms with Crippen molar-refractivity contribution in [3.05, 3.63) is 96.6 Å². The number of anilines is 1. The standard InChI is InChI=1S/C23H16N4O3.Na.H/c28-22(18-11-17(13-24-14-18)21-25-9-4-10-26-21)27-20-12-16(7-8-19(20)23(29)30)15-5-2-1-3-6-15;;/h1-14H,(H,27,28)(H,29,30);;/q;+1;-1. The summed E-state index contributed by atoms with van der Waals surface area (Å²) >= 11 is 0. The van der Waals surface area contributed by atoms with Gasteiger partial charge in [-0.1, -0.05) is 36.4 Å². The second-order valence-corrected chi connectivity index (χ2v) is 6.42. The molecule has 0 atom stereocenters. The number of pyridine rings is 1. The molecule has 0 aliphatic carbocycles. The van der Waals surface area contributed by atoms with E-state index in [1.165, 1.54) is 12.3 Å². The Kier molecular flexibility index (Phi) is 7.25. The predicted octanol–water partition coefficient (Wildman–Crippen LogP) is 1.27. The minimum Gasteiger partial charge on any atom is -1.00 e. The smallest absolute Gasteiger partial charge is 1.00 e. The number of carbonyl (C=O) groups is 2. The fourth-order valence-corrected chi connectivity index (χ4v) is 2.97. The maximum atomic E-state index is 12.8. The van der Waals surface area contributed by atoms with Gasteiger partial charge in [0.15, 0.2) is 5.82 Å². The van der Waals surface area contributed by atoms with Crippen LogP contribution in [0.5, 0.6) is 0 Å². The molecule has 0 aliphatic rings. The van der Waals surface area contributed by atoms with Crippen LogP contribution in [0.1, 0.15) is 22.1 Å². The molecule has 0 unspecified atom stereocenters. The molecule has 0 radical (unpaired) electrons. The van der Waals surface area contributed by atoms with E-state index in [0.717, 1.165) is 11.1 Å². The Labute approximate surface area is 202 Å². The third-order valence-corrected chi connectivity index (χ3v) is 4.43. The van der Waals surface area contributed by atoms with E-state index in [9.17, 15) is 14.7 Å². The molecule has 148 valence electrons. The van der Waals surface area contributed by atoms with Crippen LogP contribution in [0.15, 0.2) is 85.5 Å². The van der Waals surface area contributed by atoms with Crippen molar-refractivity contribution in [2.24, 2.45) is 0 Å². The summed E-state index contributed by atoms with van der Waals surface area (Å²) in [5.74, 6) is -1.17. The zero-order valence-electron chi connectivity index (χ0n) is 17.7. The Morgan fingerprint density at radius 3 is 2.29 bits per heavy atom. The molecule has 2 N–H and O–H groups in total. The molecule has 0 saturated heterocycles. The van der Waals surface area contributed by atoms with Crippen LogP contribution in [0.25, 0.3) is 22.5 Å². The van der Waals surface area contributed by atoms with E-state index in [2.05, 4.69) is 20.3 Å². The van der Waals surface area contributed by atoms with Gasteiger partial charge in [0.05, 0.1) is 16.8 Å². The van der Waals surface area contributed by atoms with Crippen LogP contribution in [-0.2, 0) is 0 Å². The van der Waals surface area contributed by atoms with Crippen LogP contribution in [0.2, 0.25) is 0 Å². The topological polar surface area (TPSA) is 105 Å². The van der Waals surface area contributed by atoms with Gasteiger partial charge in [0.25, 0.3) is 5.91 Å². The molecule has 4 aromatic rings. The van der Waals surface area contributed by atoms with E-state index in [-0.39, 0.29) is 47.8 Å². The Bertz CT molecular complexity index is 1220. The molecule has 2 aromatic carbocycles. The Hall–Kier alpha value is -3.39. The normalized spacial score (nSPS) is 10.1. The number of aromatic nitrogens is 3. The van der Waals surface area contributed by atoms with E-state index in [1.807, 2.05) is 30.3 Å². The largest absolute Gasteiger partial charge is 1.00 e. The first-order chi connectivity index (χ1) is 14.6. The molecule has 0 aliphatic heterocycles. The summed E-state index contributed by atoms with van der Waals surface area (Å²) in [5, 5.41) is 12.2. The third kappa shape index (κ3) is 5.21. The second kappa shape index (κ2) is 10.1. The van der Waals surface area contributed by atoms with E-state index in [1.54, 1.807) is 42.9 Å².